The highest BCUT2D eigenvalue weighted by Crippen LogP contribution is 2.36. The Balaban J connectivity index is 1.63. The van der Waals surface area contributed by atoms with Gasteiger partial charge in [-0.1, -0.05) is 12.2 Å². The largest absolute Gasteiger partial charge is 0.379 e. The Morgan fingerprint density at radius 3 is 2.89 bits per heavy atom. The summed E-state index contributed by atoms with van der Waals surface area (Å²) in [6, 6.07) is 0. The maximum absolute atomic E-state index is 12.5. The van der Waals surface area contributed by atoms with Gasteiger partial charge in [-0.3, -0.25) is 4.79 Å². The number of carbonyl (C=O) groups excluding carboxylic acids is 1. The summed E-state index contributed by atoms with van der Waals surface area (Å²) >= 11 is 0. The molecule has 0 radical (unpaired) electrons. The van der Waals surface area contributed by atoms with E-state index in [0.717, 1.165) is 45.2 Å². The molecule has 0 saturated carbocycles. The number of amides is 1. The van der Waals surface area contributed by atoms with Crippen molar-refractivity contribution in [2.24, 2.45) is 5.92 Å². The third-order valence-corrected chi connectivity index (χ3v) is 4.72. The van der Waals surface area contributed by atoms with E-state index in [1.54, 1.807) is 7.11 Å². The fourth-order valence-electron chi connectivity index (χ4n) is 3.60. The van der Waals surface area contributed by atoms with Gasteiger partial charge in [0.2, 0.25) is 5.91 Å². The van der Waals surface area contributed by atoms with Crippen LogP contribution in [0, 0.1) is 5.92 Å². The number of methoxy groups -OCH3 is 1. The van der Waals surface area contributed by atoms with Gasteiger partial charge in [0, 0.05) is 32.5 Å². The number of hydrogen-bond donors (Lipinski definition) is 0. The molecule has 0 aromatic heterocycles. The molecule has 1 amide bonds. The van der Waals surface area contributed by atoms with Crippen molar-refractivity contribution < 1.29 is 14.3 Å². The summed E-state index contributed by atoms with van der Waals surface area (Å²) in [7, 11) is 1.74. The molecule has 3 rings (SSSR count). The molecule has 4 heteroatoms. The molecule has 106 valence electrons. The van der Waals surface area contributed by atoms with Crippen LogP contribution in [0.1, 0.15) is 32.1 Å². The minimum atomic E-state index is -0.138. The number of piperidine rings is 1. The van der Waals surface area contributed by atoms with Crippen LogP contribution < -0.4 is 0 Å². The van der Waals surface area contributed by atoms with Gasteiger partial charge < -0.3 is 14.4 Å². The predicted octanol–water partition coefficient (Wildman–Crippen LogP) is 1.75. The molecule has 3 aliphatic rings. The molecule has 19 heavy (non-hydrogen) atoms. The van der Waals surface area contributed by atoms with Crippen LogP contribution in [0.5, 0.6) is 0 Å². The molecule has 2 atom stereocenters. The first-order valence-corrected chi connectivity index (χ1v) is 7.33. The van der Waals surface area contributed by atoms with Crippen molar-refractivity contribution >= 4 is 5.91 Å². The Morgan fingerprint density at radius 1 is 1.42 bits per heavy atom. The first-order valence-electron chi connectivity index (χ1n) is 7.33. The number of hydrogen-bond acceptors (Lipinski definition) is 3. The number of nitrogens with zero attached hydrogens (tertiary/aromatic N) is 1. The highest BCUT2D eigenvalue weighted by Gasteiger charge is 2.45. The molecule has 0 aromatic carbocycles. The van der Waals surface area contributed by atoms with E-state index in [0.29, 0.717) is 12.5 Å². The molecule has 0 bridgehead atoms. The number of rotatable bonds is 2. The van der Waals surface area contributed by atoms with Gasteiger partial charge in [-0.15, -0.1) is 0 Å². The molecule has 0 unspecified atom stereocenters. The summed E-state index contributed by atoms with van der Waals surface area (Å²) in [4.78, 5) is 14.5. The maximum Gasteiger partial charge on any atom is 0.226 e. The molecule has 2 fully saturated rings. The lowest BCUT2D eigenvalue weighted by atomic mass is 9.88. The van der Waals surface area contributed by atoms with E-state index >= 15 is 0 Å². The van der Waals surface area contributed by atoms with Gasteiger partial charge >= 0.3 is 0 Å². The molecular formula is C15H23NO3. The van der Waals surface area contributed by atoms with Crippen molar-refractivity contribution in [2.75, 3.05) is 26.8 Å². The van der Waals surface area contributed by atoms with E-state index in [4.69, 9.17) is 9.47 Å². The fraction of sp³-hybridized carbons (Fsp3) is 0.800. The van der Waals surface area contributed by atoms with E-state index in [-0.39, 0.29) is 17.6 Å². The van der Waals surface area contributed by atoms with Crippen LogP contribution in [0.3, 0.4) is 0 Å². The van der Waals surface area contributed by atoms with Gasteiger partial charge in [-0.25, -0.2) is 0 Å². The van der Waals surface area contributed by atoms with E-state index in [2.05, 4.69) is 12.2 Å². The highest BCUT2D eigenvalue weighted by atomic mass is 16.6. The van der Waals surface area contributed by atoms with Crippen LogP contribution in [0.15, 0.2) is 12.2 Å². The quantitative estimate of drug-likeness (QED) is 0.714. The van der Waals surface area contributed by atoms with Gasteiger partial charge in [0.05, 0.1) is 18.3 Å². The third kappa shape index (κ3) is 2.56. The van der Waals surface area contributed by atoms with E-state index < -0.39 is 0 Å². The van der Waals surface area contributed by atoms with Crippen molar-refractivity contribution in [1.29, 1.82) is 0 Å². The third-order valence-electron chi connectivity index (χ3n) is 4.72. The summed E-state index contributed by atoms with van der Waals surface area (Å²) in [6.45, 7) is 2.31. The SMILES string of the molecule is CO[C@@H]1CO[C@]2(CCCN(C(=O)C3CC=CC3)C2)C1. The highest BCUT2D eigenvalue weighted by molar-refractivity contribution is 5.79. The minimum Gasteiger partial charge on any atom is -0.379 e. The van der Waals surface area contributed by atoms with Gasteiger partial charge in [0.25, 0.3) is 0 Å². The monoisotopic (exact) mass is 265 g/mol. The molecule has 0 aromatic rings. The van der Waals surface area contributed by atoms with Crippen molar-refractivity contribution in [3.8, 4) is 0 Å². The van der Waals surface area contributed by atoms with Gasteiger partial charge in [0.1, 0.15) is 0 Å². The van der Waals surface area contributed by atoms with Crippen LogP contribution >= 0.6 is 0 Å². The smallest absolute Gasteiger partial charge is 0.226 e. The molecule has 0 N–H and O–H groups in total. The Hall–Kier alpha value is -0.870. The Kier molecular flexibility index (Phi) is 3.63. The summed E-state index contributed by atoms with van der Waals surface area (Å²) < 4.78 is 11.4. The lowest BCUT2D eigenvalue weighted by Crippen LogP contribution is -2.51. The lowest BCUT2D eigenvalue weighted by molar-refractivity contribution is -0.143. The zero-order chi connectivity index (χ0) is 13.3. The van der Waals surface area contributed by atoms with Gasteiger partial charge in [0.15, 0.2) is 0 Å². The summed E-state index contributed by atoms with van der Waals surface area (Å²) in [5.41, 5.74) is -0.138. The average molecular weight is 265 g/mol. The first-order chi connectivity index (χ1) is 9.22. The predicted molar refractivity (Wildman–Crippen MR) is 71.8 cm³/mol. The summed E-state index contributed by atoms with van der Waals surface area (Å²) in [6.07, 6.45) is 9.28. The van der Waals surface area contributed by atoms with Crippen molar-refractivity contribution in [2.45, 2.75) is 43.8 Å². The molecule has 2 aliphatic heterocycles. The standard InChI is InChI=1S/C15H23NO3/c1-18-13-9-15(19-10-13)7-4-8-16(11-15)14(17)12-5-2-3-6-12/h2-3,12-13H,4-11H2,1H3/t13-,15+/m0/s1. The van der Waals surface area contributed by atoms with Crippen LogP contribution in [-0.4, -0.2) is 49.3 Å². The molecule has 4 nitrogen and oxygen atoms in total. The molecule has 2 saturated heterocycles. The minimum absolute atomic E-state index is 0.138. The average Bonchev–Trinajstić information content (AvgIpc) is 3.08. The second-order valence-corrected chi connectivity index (χ2v) is 6.06. The fourth-order valence-corrected chi connectivity index (χ4v) is 3.60. The Morgan fingerprint density at radius 2 is 2.21 bits per heavy atom. The number of carbonyl (C=O) groups is 1. The van der Waals surface area contributed by atoms with E-state index in [9.17, 15) is 4.79 Å². The molecule has 1 spiro atoms. The van der Waals surface area contributed by atoms with Crippen LogP contribution in [0.2, 0.25) is 0 Å². The van der Waals surface area contributed by atoms with Crippen LogP contribution in [0.25, 0.3) is 0 Å². The number of allylic oxidation sites excluding steroid dienone is 2. The zero-order valence-electron chi connectivity index (χ0n) is 11.6. The summed E-state index contributed by atoms with van der Waals surface area (Å²) in [5.74, 6) is 0.489. The number of likely N-dealkylation sites (tertiary alicyclic amines) is 1. The molecular weight excluding hydrogens is 242 g/mol. The van der Waals surface area contributed by atoms with Gasteiger partial charge in [-0.2, -0.15) is 0 Å². The summed E-state index contributed by atoms with van der Waals surface area (Å²) in [5, 5.41) is 0. The van der Waals surface area contributed by atoms with Crippen LogP contribution in [-0.2, 0) is 14.3 Å². The molecule has 2 heterocycles. The second-order valence-electron chi connectivity index (χ2n) is 6.06. The van der Waals surface area contributed by atoms with Crippen LogP contribution in [0.4, 0.5) is 0 Å². The van der Waals surface area contributed by atoms with E-state index in [1.807, 2.05) is 4.90 Å². The normalized spacial score (nSPS) is 35.4. The maximum atomic E-state index is 12.5. The lowest BCUT2D eigenvalue weighted by Gasteiger charge is -2.40. The Bertz CT molecular complexity index is 374. The molecule has 1 aliphatic carbocycles. The second kappa shape index (κ2) is 5.25. The van der Waals surface area contributed by atoms with E-state index in [1.165, 1.54) is 0 Å². The van der Waals surface area contributed by atoms with Crippen molar-refractivity contribution in [1.82, 2.24) is 4.90 Å². The number of ether oxygens (including phenoxy) is 2. The zero-order valence-corrected chi connectivity index (χ0v) is 11.6. The topological polar surface area (TPSA) is 38.8 Å². The first kappa shape index (κ1) is 13.1. The Labute approximate surface area is 114 Å². The van der Waals surface area contributed by atoms with Gasteiger partial charge in [-0.05, 0) is 25.7 Å². The van der Waals surface area contributed by atoms with Crippen molar-refractivity contribution in [3.63, 3.8) is 0 Å². The van der Waals surface area contributed by atoms with Crippen molar-refractivity contribution in [3.05, 3.63) is 12.2 Å².